The highest BCUT2D eigenvalue weighted by Crippen LogP contribution is 2.11. The van der Waals surface area contributed by atoms with Crippen LogP contribution >= 0.6 is 0 Å². The molecule has 1 aromatic rings. The van der Waals surface area contributed by atoms with Gasteiger partial charge in [-0.25, -0.2) is 4.79 Å². The second-order valence-corrected chi connectivity index (χ2v) is 5.27. The Kier molecular flexibility index (Phi) is 5.37. The van der Waals surface area contributed by atoms with E-state index in [4.69, 9.17) is 4.42 Å². The maximum Gasteiger partial charge on any atom is 0.374 e. The van der Waals surface area contributed by atoms with Gasteiger partial charge in [-0.1, -0.05) is 0 Å². The summed E-state index contributed by atoms with van der Waals surface area (Å²) < 4.78 is 20.7. The van der Waals surface area contributed by atoms with Crippen molar-refractivity contribution >= 4 is 16.8 Å². The van der Waals surface area contributed by atoms with E-state index in [1.807, 2.05) is 6.92 Å². The number of hydrogen-bond donors (Lipinski definition) is 1. The van der Waals surface area contributed by atoms with Crippen LogP contribution in [0.25, 0.3) is 0 Å². The fourth-order valence-corrected chi connectivity index (χ4v) is 2.26. The van der Waals surface area contributed by atoms with Gasteiger partial charge in [-0.3, -0.25) is 4.21 Å². The van der Waals surface area contributed by atoms with E-state index in [1.54, 1.807) is 12.3 Å². The van der Waals surface area contributed by atoms with Crippen LogP contribution in [-0.4, -0.2) is 35.3 Å². The highest BCUT2D eigenvalue weighted by Gasteiger charge is 2.16. The molecule has 0 spiro atoms. The zero-order chi connectivity index (χ0) is 12.8. The molecule has 0 fully saturated rings. The summed E-state index contributed by atoms with van der Waals surface area (Å²) in [5.74, 6) is 0.300. The van der Waals surface area contributed by atoms with Gasteiger partial charge in [0, 0.05) is 41.0 Å². The molecule has 5 nitrogen and oxygen atoms in total. The van der Waals surface area contributed by atoms with Crippen LogP contribution in [0.4, 0.5) is 0 Å². The first-order chi connectivity index (χ1) is 8.04. The normalized spacial score (nSPS) is 14.3. The van der Waals surface area contributed by atoms with E-state index in [0.29, 0.717) is 12.3 Å². The minimum absolute atomic E-state index is 0.112. The Labute approximate surface area is 103 Å². The van der Waals surface area contributed by atoms with Crippen molar-refractivity contribution in [2.24, 2.45) is 0 Å². The largest absolute Gasteiger partial charge is 0.463 e. The van der Waals surface area contributed by atoms with Gasteiger partial charge in [-0.2, -0.15) is 0 Å². The highest BCUT2D eigenvalue weighted by atomic mass is 32.2. The van der Waals surface area contributed by atoms with Gasteiger partial charge in [0.25, 0.3) is 0 Å². The summed E-state index contributed by atoms with van der Waals surface area (Å²) >= 11 is 0. The summed E-state index contributed by atoms with van der Waals surface area (Å²) in [6.07, 6.45) is 3.11. The molecule has 1 rings (SSSR count). The van der Waals surface area contributed by atoms with Gasteiger partial charge in [0.05, 0.1) is 13.4 Å². The van der Waals surface area contributed by atoms with Gasteiger partial charge < -0.3 is 14.5 Å². The van der Waals surface area contributed by atoms with Gasteiger partial charge in [0.1, 0.15) is 0 Å². The predicted molar refractivity (Wildman–Crippen MR) is 65.3 cm³/mol. The van der Waals surface area contributed by atoms with Crippen LogP contribution in [0.1, 0.15) is 23.0 Å². The molecule has 0 aliphatic carbocycles. The third-order valence-corrected chi connectivity index (χ3v) is 3.21. The average molecular weight is 259 g/mol. The fourth-order valence-electron chi connectivity index (χ4n) is 1.44. The summed E-state index contributed by atoms with van der Waals surface area (Å²) in [6.45, 7) is 2.43. The van der Waals surface area contributed by atoms with E-state index in [0.717, 1.165) is 5.56 Å². The lowest BCUT2D eigenvalue weighted by Crippen LogP contribution is -2.30. The summed E-state index contributed by atoms with van der Waals surface area (Å²) in [6, 6.07) is 1.83. The van der Waals surface area contributed by atoms with Crippen molar-refractivity contribution in [2.45, 2.75) is 19.5 Å². The van der Waals surface area contributed by atoms with E-state index in [9.17, 15) is 9.00 Å². The molecular formula is C11H17NO4S. The Morgan fingerprint density at radius 2 is 2.35 bits per heavy atom. The zero-order valence-corrected chi connectivity index (χ0v) is 11.0. The Hall–Kier alpha value is -1.14. The molecular weight excluding hydrogens is 242 g/mol. The first kappa shape index (κ1) is 13.9. The van der Waals surface area contributed by atoms with Crippen LogP contribution in [0.2, 0.25) is 0 Å². The molecule has 17 heavy (non-hydrogen) atoms. The number of rotatable bonds is 6. The summed E-state index contributed by atoms with van der Waals surface area (Å²) in [5, 5.41) is 3.17. The van der Waals surface area contributed by atoms with Crippen LogP contribution in [-0.2, 0) is 22.1 Å². The van der Waals surface area contributed by atoms with Crippen LogP contribution in [0, 0.1) is 0 Å². The van der Waals surface area contributed by atoms with Gasteiger partial charge in [-0.05, 0) is 13.0 Å². The molecule has 0 bridgehead atoms. The Bertz CT molecular complexity index is 402. The van der Waals surface area contributed by atoms with Crippen molar-refractivity contribution in [1.29, 1.82) is 0 Å². The molecule has 0 aliphatic heterocycles. The minimum atomic E-state index is -0.837. The van der Waals surface area contributed by atoms with Crippen molar-refractivity contribution in [3.05, 3.63) is 23.7 Å². The van der Waals surface area contributed by atoms with Crippen LogP contribution < -0.4 is 5.32 Å². The molecule has 0 aliphatic rings. The summed E-state index contributed by atoms with van der Waals surface area (Å²) in [4.78, 5) is 11.3. The maximum atomic E-state index is 11.3. The molecule has 0 saturated heterocycles. The smallest absolute Gasteiger partial charge is 0.374 e. The zero-order valence-electron chi connectivity index (χ0n) is 10.2. The van der Waals surface area contributed by atoms with Crippen LogP contribution in [0.3, 0.4) is 0 Å². The van der Waals surface area contributed by atoms with E-state index >= 15 is 0 Å². The second kappa shape index (κ2) is 6.56. The number of furan rings is 1. The Morgan fingerprint density at radius 3 is 2.94 bits per heavy atom. The fraction of sp³-hybridized carbons (Fsp3) is 0.545. The Balaban J connectivity index is 2.55. The molecule has 2 atom stereocenters. The van der Waals surface area contributed by atoms with Gasteiger partial charge in [0.2, 0.25) is 5.76 Å². The monoisotopic (exact) mass is 259 g/mol. The molecule has 1 aromatic heterocycles. The standard InChI is InChI=1S/C11H17NO4S/c1-8(7-17(3)14)12-6-9-4-5-16-10(9)11(13)15-2/h4-5,8,12H,6-7H2,1-3H3. The summed E-state index contributed by atoms with van der Waals surface area (Å²) in [7, 11) is 0.473. The first-order valence-corrected chi connectivity index (χ1v) is 6.95. The van der Waals surface area contributed by atoms with E-state index in [-0.39, 0.29) is 11.8 Å². The SMILES string of the molecule is COC(=O)c1occc1CNC(C)CS(C)=O. The topological polar surface area (TPSA) is 68.5 Å². The second-order valence-electron chi connectivity index (χ2n) is 3.79. The van der Waals surface area contributed by atoms with Gasteiger partial charge in [0.15, 0.2) is 0 Å². The first-order valence-electron chi connectivity index (χ1n) is 5.22. The predicted octanol–water partition coefficient (Wildman–Crippen LogP) is 0.923. The maximum absolute atomic E-state index is 11.3. The van der Waals surface area contributed by atoms with Gasteiger partial charge in [-0.15, -0.1) is 0 Å². The average Bonchev–Trinajstić information content (AvgIpc) is 2.72. The summed E-state index contributed by atoms with van der Waals surface area (Å²) in [5.41, 5.74) is 0.741. The number of nitrogens with one attached hydrogen (secondary N) is 1. The van der Waals surface area contributed by atoms with Crippen LogP contribution in [0.5, 0.6) is 0 Å². The number of methoxy groups -OCH3 is 1. The molecule has 0 radical (unpaired) electrons. The quantitative estimate of drug-likeness (QED) is 0.769. The van der Waals surface area contributed by atoms with Crippen LogP contribution in [0.15, 0.2) is 16.7 Å². The Morgan fingerprint density at radius 1 is 1.65 bits per heavy atom. The molecule has 96 valence electrons. The number of carbonyl (C=O) groups is 1. The lowest BCUT2D eigenvalue weighted by atomic mass is 10.2. The van der Waals surface area contributed by atoms with E-state index in [2.05, 4.69) is 10.1 Å². The molecule has 1 heterocycles. The van der Waals surface area contributed by atoms with Crippen molar-refractivity contribution in [3.8, 4) is 0 Å². The van der Waals surface area contributed by atoms with E-state index < -0.39 is 16.8 Å². The third-order valence-electron chi connectivity index (χ3n) is 2.24. The molecule has 1 N–H and O–H groups in total. The molecule has 6 heteroatoms. The minimum Gasteiger partial charge on any atom is -0.463 e. The van der Waals surface area contributed by atoms with Crippen molar-refractivity contribution < 1.29 is 18.2 Å². The lowest BCUT2D eigenvalue weighted by Gasteiger charge is -2.11. The van der Waals surface area contributed by atoms with Gasteiger partial charge >= 0.3 is 5.97 Å². The molecule has 0 saturated carbocycles. The number of ether oxygens (including phenoxy) is 1. The number of esters is 1. The number of carbonyl (C=O) groups excluding carboxylic acids is 1. The highest BCUT2D eigenvalue weighted by molar-refractivity contribution is 7.84. The lowest BCUT2D eigenvalue weighted by molar-refractivity contribution is 0.0563. The van der Waals surface area contributed by atoms with E-state index in [1.165, 1.54) is 13.4 Å². The molecule has 0 aromatic carbocycles. The molecule has 0 amide bonds. The van der Waals surface area contributed by atoms with Crippen molar-refractivity contribution in [3.63, 3.8) is 0 Å². The number of hydrogen-bond acceptors (Lipinski definition) is 5. The van der Waals surface area contributed by atoms with Crippen molar-refractivity contribution in [2.75, 3.05) is 19.1 Å². The third kappa shape index (κ3) is 4.32. The molecule has 2 unspecified atom stereocenters. The van der Waals surface area contributed by atoms with Crippen molar-refractivity contribution in [1.82, 2.24) is 5.32 Å².